The zero-order chi connectivity index (χ0) is 32.1. The summed E-state index contributed by atoms with van der Waals surface area (Å²) in [5, 5.41) is 5.47. The normalized spacial score (nSPS) is 13.9. The number of aryl methyl sites for hydroxylation is 1. The van der Waals surface area contributed by atoms with E-state index in [0.717, 1.165) is 16.0 Å². The van der Waals surface area contributed by atoms with Gasteiger partial charge in [-0.15, -0.1) is 0 Å². The van der Waals surface area contributed by atoms with E-state index in [4.69, 9.17) is 21.1 Å². The number of halogens is 3. The van der Waals surface area contributed by atoms with E-state index in [1.165, 1.54) is 6.08 Å². The number of rotatable bonds is 9. The summed E-state index contributed by atoms with van der Waals surface area (Å²) in [6.45, 7) is 1.92. The van der Waals surface area contributed by atoms with Gasteiger partial charge in [-0.1, -0.05) is 48.0 Å². The summed E-state index contributed by atoms with van der Waals surface area (Å²) in [7, 11) is 0. The molecule has 0 spiro atoms. The van der Waals surface area contributed by atoms with Crippen LogP contribution < -0.4 is 25.0 Å². The average Bonchev–Trinajstić information content (AvgIpc) is 3.00. The molecule has 45 heavy (non-hydrogen) atoms. The first-order valence-corrected chi connectivity index (χ1v) is 15.4. The van der Waals surface area contributed by atoms with Crippen LogP contribution in [-0.4, -0.2) is 30.4 Å². The second-order valence-corrected chi connectivity index (χ2v) is 12.0. The van der Waals surface area contributed by atoms with Crippen LogP contribution in [0.4, 0.5) is 16.2 Å². The summed E-state index contributed by atoms with van der Waals surface area (Å²) in [6, 6.07) is 23.6. The molecule has 4 aromatic carbocycles. The molecule has 0 aliphatic carbocycles. The number of urea groups is 1. The number of anilines is 2. The quantitative estimate of drug-likeness (QED) is 0.136. The third-order valence-electron chi connectivity index (χ3n) is 6.58. The van der Waals surface area contributed by atoms with E-state index in [1.54, 1.807) is 54.6 Å². The molecule has 0 saturated carbocycles. The molecule has 1 aliphatic rings. The Morgan fingerprint density at radius 2 is 1.62 bits per heavy atom. The van der Waals surface area contributed by atoms with Gasteiger partial charge in [-0.05, 0) is 110 Å². The monoisotopic (exact) mass is 751 g/mol. The summed E-state index contributed by atoms with van der Waals surface area (Å²) in [5.74, 6) is -1.13. The third kappa shape index (κ3) is 7.80. The molecule has 0 bridgehead atoms. The maximum absolute atomic E-state index is 13.4. The van der Waals surface area contributed by atoms with Crippen molar-refractivity contribution in [2.45, 2.75) is 13.5 Å². The highest BCUT2D eigenvalue weighted by Gasteiger charge is 2.37. The van der Waals surface area contributed by atoms with Crippen LogP contribution in [0.15, 0.2) is 99.4 Å². The molecule has 0 radical (unpaired) electrons. The third-order valence-corrected chi connectivity index (χ3v) is 8.17. The van der Waals surface area contributed by atoms with Crippen molar-refractivity contribution in [2.24, 2.45) is 0 Å². The largest absolute Gasteiger partial charge is 0.489 e. The van der Waals surface area contributed by atoms with E-state index in [2.05, 4.69) is 42.5 Å². The second kappa shape index (κ2) is 14.1. The molecule has 12 heteroatoms. The van der Waals surface area contributed by atoms with Gasteiger partial charge in [-0.25, -0.2) is 9.69 Å². The number of imide groups is 2. The Labute approximate surface area is 280 Å². The Hall–Kier alpha value is -4.45. The lowest BCUT2D eigenvalue weighted by molar-refractivity contribution is -0.122. The summed E-state index contributed by atoms with van der Waals surface area (Å²) < 4.78 is 12.4. The van der Waals surface area contributed by atoms with Crippen LogP contribution in [0.1, 0.15) is 16.7 Å². The fraction of sp³-hybridized carbons (Fsp3) is 0.0909. The lowest BCUT2D eigenvalue weighted by Crippen LogP contribution is -2.54. The smallest absolute Gasteiger partial charge is 0.335 e. The minimum atomic E-state index is -0.864. The number of nitrogens with one attached hydrogen (secondary N) is 2. The van der Waals surface area contributed by atoms with Crippen LogP contribution in [0.3, 0.4) is 0 Å². The average molecular weight is 754 g/mol. The first-order valence-electron chi connectivity index (χ1n) is 13.4. The topological polar surface area (TPSA) is 114 Å². The first kappa shape index (κ1) is 32.0. The fourth-order valence-electron chi connectivity index (χ4n) is 4.30. The maximum atomic E-state index is 13.4. The lowest BCUT2D eigenvalue weighted by atomic mass is 10.1. The zero-order valence-corrected chi connectivity index (χ0v) is 27.5. The molecule has 0 atom stereocenters. The SMILES string of the molecule is Cc1ccc(NC(=O)COc2c(Br)cc(/C=C3/C(=O)NC(=O)N(c4ccc(OCc5ccccc5)cc4)C3=O)cc2Br)cc1Cl. The number of amides is 5. The molecule has 4 aromatic rings. The van der Waals surface area contributed by atoms with E-state index in [1.807, 2.05) is 37.3 Å². The van der Waals surface area contributed by atoms with Crippen molar-refractivity contribution < 1.29 is 28.7 Å². The molecule has 1 aliphatic heterocycles. The number of hydrogen-bond donors (Lipinski definition) is 2. The van der Waals surface area contributed by atoms with Gasteiger partial charge in [0.1, 0.15) is 23.7 Å². The Bertz CT molecular complexity index is 1810. The summed E-state index contributed by atoms with van der Waals surface area (Å²) >= 11 is 13.0. The molecule has 0 aromatic heterocycles. The van der Waals surface area contributed by atoms with Crippen molar-refractivity contribution in [1.29, 1.82) is 0 Å². The van der Waals surface area contributed by atoms with E-state index in [-0.39, 0.29) is 17.9 Å². The van der Waals surface area contributed by atoms with Crippen molar-refractivity contribution in [3.8, 4) is 11.5 Å². The molecule has 2 N–H and O–H groups in total. The van der Waals surface area contributed by atoms with Crippen LogP contribution in [0.5, 0.6) is 11.5 Å². The number of nitrogens with zero attached hydrogens (tertiary/aromatic N) is 1. The van der Waals surface area contributed by atoms with Gasteiger partial charge in [-0.2, -0.15) is 0 Å². The molecule has 228 valence electrons. The van der Waals surface area contributed by atoms with Gasteiger partial charge in [0.05, 0.1) is 14.6 Å². The minimum Gasteiger partial charge on any atom is -0.489 e. The highest BCUT2D eigenvalue weighted by molar-refractivity contribution is 9.11. The Balaban J connectivity index is 1.27. The maximum Gasteiger partial charge on any atom is 0.335 e. The van der Waals surface area contributed by atoms with Crippen LogP contribution >= 0.6 is 43.5 Å². The van der Waals surface area contributed by atoms with Gasteiger partial charge >= 0.3 is 6.03 Å². The van der Waals surface area contributed by atoms with Crippen LogP contribution in [0, 0.1) is 6.92 Å². The minimum absolute atomic E-state index is 0.248. The van der Waals surface area contributed by atoms with Crippen molar-refractivity contribution >= 4 is 84.7 Å². The molecule has 1 saturated heterocycles. The first-order chi connectivity index (χ1) is 21.6. The predicted molar refractivity (Wildman–Crippen MR) is 178 cm³/mol. The summed E-state index contributed by atoms with van der Waals surface area (Å²) in [5.41, 5.74) is 2.89. The van der Waals surface area contributed by atoms with Gasteiger partial charge in [0.15, 0.2) is 6.61 Å². The van der Waals surface area contributed by atoms with Crippen LogP contribution in [0.2, 0.25) is 5.02 Å². The van der Waals surface area contributed by atoms with Crippen molar-refractivity contribution in [3.63, 3.8) is 0 Å². The number of carbonyl (C=O) groups excluding carboxylic acids is 4. The molecule has 0 unspecified atom stereocenters. The summed E-state index contributed by atoms with van der Waals surface area (Å²) in [4.78, 5) is 52.1. The van der Waals surface area contributed by atoms with Crippen molar-refractivity contribution in [3.05, 3.63) is 121 Å². The molecule has 5 rings (SSSR count). The van der Waals surface area contributed by atoms with Crippen molar-refractivity contribution in [2.75, 3.05) is 16.8 Å². The number of carbonyl (C=O) groups is 4. The van der Waals surface area contributed by atoms with E-state index in [0.29, 0.717) is 43.3 Å². The van der Waals surface area contributed by atoms with Crippen LogP contribution in [0.25, 0.3) is 6.08 Å². The highest BCUT2D eigenvalue weighted by atomic mass is 79.9. The Morgan fingerprint density at radius 3 is 2.29 bits per heavy atom. The molecule has 1 heterocycles. The van der Waals surface area contributed by atoms with E-state index in [9.17, 15) is 19.2 Å². The zero-order valence-electron chi connectivity index (χ0n) is 23.6. The standard InChI is InChI=1S/C33H24Br2ClN3O6/c1-19-7-8-22(16-28(19)36)37-29(40)18-45-30-26(34)14-21(15-27(30)35)13-25-31(41)38-33(43)39(32(25)42)23-9-11-24(12-10-23)44-17-20-5-3-2-4-6-20/h2-16H,17-18H2,1H3,(H,37,40)(H,38,41,43)/b25-13-. The van der Waals surface area contributed by atoms with Crippen LogP contribution in [-0.2, 0) is 21.0 Å². The van der Waals surface area contributed by atoms with Gasteiger partial charge in [0, 0.05) is 10.7 Å². The fourth-order valence-corrected chi connectivity index (χ4v) is 5.93. The molecule has 5 amide bonds. The molecule has 1 fully saturated rings. The van der Waals surface area contributed by atoms with Crippen molar-refractivity contribution in [1.82, 2.24) is 5.32 Å². The lowest BCUT2D eigenvalue weighted by Gasteiger charge is -2.26. The number of benzene rings is 4. The number of barbiturate groups is 1. The van der Waals surface area contributed by atoms with Gasteiger partial charge in [-0.3, -0.25) is 19.7 Å². The Kier molecular flexibility index (Phi) is 10.0. The van der Waals surface area contributed by atoms with Gasteiger partial charge < -0.3 is 14.8 Å². The highest BCUT2D eigenvalue weighted by Crippen LogP contribution is 2.36. The predicted octanol–water partition coefficient (Wildman–Crippen LogP) is 7.44. The number of hydrogen-bond acceptors (Lipinski definition) is 6. The summed E-state index contributed by atoms with van der Waals surface area (Å²) in [6.07, 6.45) is 1.36. The molecular formula is C33H24Br2ClN3O6. The molecular weight excluding hydrogens is 730 g/mol. The van der Waals surface area contributed by atoms with E-state index >= 15 is 0 Å². The van der Waals surface area contributed by atoms with Gasteiger partial charge in [0.25, 0.3) is 17.7 Å². The Morgan fingerprint density at radius 1 is 0.933 bits per heavy atom. The van der Waals surface area contributed by atoms with E-state index < -0.39 is 23.8 Å². The number of ether oxygens (including phenoxy) is 2. The second-order valence-electron chi connectivity index (χ2n) is 9.84. The molecule has 9 nitrogen and oxygen atoms in total. The van der Waals surface area contributed by atoms with Gasteiger partial charge in [0.2, 0.25) is 0 Å².